The van der Waals surface area contributed by atoms with Crippen LogP contribution in [0.5, 0.6) is 0 Å². The molecule has 128 valence electrons. The third kappa shape index (κ3) is 5.66. The fourth-order valence-corrected chi connectivity index (χ4v) is 3.36. The first-order chi connectivity index (χ1) is 10.7. The summed E-state index contributed by atoms with van der Waals surface area (Å²) in [5.74, 6) is 1.05. The van der Waals surface area contributed by atoms with Gasteiger partial charge < -0.3 is 10.2 Å². The monoisotopic (exact) mass is 356 g/mol. The first-order valence-corrected chi connectivity index (χ1v) is 8.85. The van der Waals surface area contributed by atoms with E-state index in [2.05, 4.69) is 10.2 Å². The van der Waals surface area contributed by atoms with Gasteiger partial charge in [-0.15, -0.1) is 12.4 Å². The minimum atomic E-state index is 0. The molecule has 0 aromatic heterocycles. The maximum Gasteiger partial charge on any atom is 0.223 e. The van der Waals surface area contributed by atoms with E-state index in [0.717, 1.165) is 49.8 Å². The van der Waals surface area contributed by atoms with E-state index in [1.165, 1.54) is 18.4 Å². The Morgan fingerprint density at radius 2 is 1.78 bits per heavy atom. The van der Waals surface area contributed by atoms with E-state index in [9.17, 15) is 4.79 Å². The van der Waals surface area contributed by atoms with Crippen molar-refractivity contribution in [2.24, 2.45) is 5.92 Å². The molecule has 2 fully saturated rings. The van der Waals surface area contributed by atoms with Gasteiger partial charge in [0.1, 0.15) is 0 Å². The number of carbonyl (C=O) groups is 1. The van der Waals surface area contributed by atoms with E-state index in [-0.39, 0.29) is 12.4 Å². The van der Waals surface area contributed by atoms with E-state index in [1.807, 2.05) is 24.3 Å². The molecule has 1 aliphatic heterocycles. The minimum absolute atomic E-state index is 0. The van der Waals surface area contributed by atoms with Crippen molar-refractivity contribution in [3.8, 4) is 0 Å². The maximum atomic E-state index is 12.6. The van der Waals surface area contributed by atoms with E-state index in [4.69, 9.17) is 11.6 Å². The summed E-state index contributed by atoms with van der Waals surface area (Å²) in [4.78, 5) is 14.7. The molecule has 1 heterocycles. The Balaban J connectivity index is 0.00000192. The van der Waals surface area contributed by atoms with Gasteiger partial charge >= 0.3 is 0 Å². The number of carbonyl (C=O) groups excluding carboxylic acids is 1. The first-order valence-electron chi connectivity index (χ1n) is 8.47. The zero-order valence-electron chi connectivity index (χ0n) is 13.5. The van der Waals surface area contributed by atoms with Crippen LogP contribution in [0.15, 0.2) is 24.3 Å². The lowest BCUT2D eigenvalue weighted by molar-refractivity contribution is -0.132. The second-order valence-electron chi connectivity index (χ2n) is 6.61. The first kappa shape index (κ1) is 18.6. The molecule has 1 aromatic carbocycles. The van der Waals surface area contributed by atoms with E-state index in [0.29, 0.717) is 18.4 Å². The number of hydrogen-bond donors (Lipinski definition) is 1. The van der Waals surface area contributed by atoms with Gasteiger partial charge in [-0.3, -0.25) is 4.79 Å². The third-order valence-electron chi connectivity index (χ3n) is 4.80. The summed E-state index contributed by atoms with van der Waals surface area (Å²) in [6.45, 7) is 2.94. The normalized spacial score (nSPS) is 18.3. The molecular weight excluding hydrogens is 331 g/mol. The summed E-state index contributed by atoms with van der Waals surface area (Å²) in [6.07, 6.45) is 6.50. The fourth-order valence-electron chi connectivity index (χ4n) is 3.24. The van der Waals surface area contributed by atoms with Crippen molar-refractivity contribution in [2.75, 3.05) is 13.1 Å². The van der Waals surface area contributed by atoms with Crippen LogP contribution in [0.2, 0.25) is 5.02 Å². The Bertz CT molecular complexity index is 496. The molecule has 1 amide bonds. The van der Waals surface area contributed by atoms with Gasteiger partial charge in [0.15, 0.2) is 0 Å². The third-order valence-corrected chi connectivity index (χ3v) is 5.05. The maximum absolute atomic E-state index is 12.6. The molecule has 1 saturated carbocycles. The minimum Gasteiger partial charge on any atom is -0.335 e. The second-order valence-corrected chi connectivity index (χ2v) is 7.05. The summed E-state index contributed by atoms with van der Waals surface area (Å²) in [7, 11) is 0. The predicted molar refractivity (Wildman–Crippen MR) is 97.1 cm³/mol. The average molecular weight is 357 g/mol. The molecule has 0 radical (unpaired) electrons. The van der Waals surface area contributed by atoms with E-state index in [1.54, 1.807) is 0 Å². The van der Waals surface area contributed by atoms with Crippen molar-refractivity contribution < 1.29 is 4.79 Å². The molecule has 1 aromatic rings. The number of amides is 1. The number of hydrogen-bond acceptors (Lipinski definition) is 2. The lowest BCUT2D eigenvalue weighted by atomic mass is 9.93. The molecule has 1 aliphatic carbocycles. The van der Waals surface area contributed by atoms with Crippen LogP contribution in [-0.2, 0) is 11.3 Å². The summed E-state index contributed by atoms with van der Waals surface area (Å²) < 4.78 is 0. The van der Waals surface area contributed by atoms with Gasteiger partial charge in [0.25, 0.3) is 0 Å². The number of nitrogens with zero attached hydrogens (tertiary/aromatic N) is 1. The fraction of sp³-hybridized carbons (Fsp3) is 0.611. The van der Waals surface area contributed by atoms with Crippen LogP contribution in [-0.4, -0.2) is 29.9 Å². The summed E-state index contributed by atoms with van der Waals surface area (Å²) in [6, 6.07) is 8.33. The summed E-state index contributed by atoms with van der Waals surface area (Å²) in [5.41, 5.74) is 1.17. The Labute approximate surface area is 150 Å². The van der Waals surface area contributed by atoms with Crippen molar-refractivity contribution in [1.82, 2.24) is 10.2 Å². The Morgan fingerprint density at radius 3 is 2.39 bits per heavy atom. The lowest BCUT2D eigenvalue weighted by Gasteiger charge is -2.26. The zero-order chi connectivity index (χ0) is 15.4. The quantitative estimate of drug-likeness (QED) is 0.834. The molecule has 0 unspecified atom stereocenters. The summed E-state index contributed by atoms with van der Waals surface area (Å²) >= 11 is 5.94. The van der Waals surface area contributed by atoms with Gasteiger partial charge in [-0.1, -0.05) is 23.7 Å². The number of benzene rings is 1. The van der Waals surface area contributed by atoms with Gasteiger partial charge in [0.2, 0.25) is 5.91 Å². The van der Waals surface area contributed by atoms with Crippen LogP contribution in [0.3, 0.4) is 0 Å². The molecule has 1 saturated heterocycles. The number of nitrogens with one attached hydrogen (secondary N) is 1. The van der Waals surface area contributed by atoms with Gasteiger partial charge in [-0.05, 0) is 68.8 Å². The Kier molecular flexibility index (Phi) is 7.19. The van der Waals surface area contributed by atoms with Gasteiger partial charge in [-0.25, -0.2) is 0 Å². The van der Waals surface area contributed by atoms with Crippen molar-refractivity contribution in [2.45, 2.75) is 51.1 Å². The molecule has 3 rings (SSSR count). The molecule has 5 heteroatoms. The zero-order valence-corrected chi connectivity index (χ0v) is 15.0. The number of piperidine rings is 1. The molecule has 2 aliphatic rings. The topological polar surface area (TPSA) is 32.3 Å². The summed E-state index contributed by atoms with van der Waals surface area (Å²) in [5, 5.41) is 4.13. The van der Waals surface area contributed by atoms with Crippen LogP contribution in [0.25, 0.3) is 0 Å². The largest absolute Gasteiger partial charge is 0.335 e. The average Bonchev–Trinajstić information content (AvgIpc) is 3.38. The van der Waals surface area contributed by atoms with E-state index < -0.39 is 0 Å². The van der Waals surface area contributed by atoms with Crippen LogP contribution in [0.4, 0.5) is 0 Å². The van der Waals surface area contributed by atoms with Crippen molar-refractivity contribution >= 4 is 29.9 Å². The van der Waals surface area contributed by atoms with Gasteiger partial charge in [-0.2, -0.15) is 0 Å². The molecule has 0 bridgehead atoms. The Hall–Kier alpha value is -0.770. The van der Waals surface area contributed by atoms with Crippen molar-refractivity contribution in [3.63, 3.8) is 0 Å². The highest BCUT2D eigenvalue weighted by atomic mass is 35.5. The van der Waals surface area contributed by atoms with Crippen LogP contribution >= 0.6 is 24.0 Å². The van der Waals surface area contributed by atoms with Gasteiger partial charge in [0.05, 0.1) is 0 Å². The smallest absolute Gasteiger partial charge is 0.223 e. The Morgan fingerprint density at radius 1 is 1.13 bits per heavy atom. The highest BCUT2D eigenvalue weighted by Gasteiger charge is 2.32. The molecule has 23 heavy (non-hydrogen) atoms. The molecule has 0 spiro atoms. The van der Waals surface area contributed by atoms with Crippen LogP contribution < -0.4 is 5.32 Å². The molecule has 1 N–H and O–H groups in total. The number of rotatable bonds is 6. The van der Waals surface area contributed by atoms with Crippen LogP contribution in [0.1, 0.15) is 44.1 Å². The molecular formula is C18H26Cl2N2O. The molecule has 0 atom stereocenters. The highest BCUT2D eigenvalue weighted by molar-refractivity contribution is 6.30. The van der Waals surface area contributed by atoms with E-state index >= 15 is 0 Å². The predicted octanol–water partition coefficient (Wildman–Crippen LogP) is 4.03. The molecule has 3 nitrogen and oxygen atoms in total. The van der Waals surface area contributed by atoms with Crippen molar-refractivity contribution in [3.05, 3.63) is 34.9 Å². The lowest BCUT2D eigenvalue weighted by Crippen LogP contribution is -2.33. The van der Waals surface area contributed by atoms with Crippen LogP contribution in [0, 0.1) is 5.92 Å². The van der Waals surface area contributed by atoms with Gasteiger partial charge in [0, 0.05) is 24.0 Å². The highest BCUT2D eigenvalue weighted by Crippen LogP contribution is 2.30. The standard InChI is InChI=1S/C18H25ClN2O.ClH/c19-16-4-1-15(2-5-16)13-21(17-6-7-17)18(22)8-3-14-9-11-20-12-10-14;/h1-2,4-5,14,17,20H,3,6-13H2;1H. The SMILES string of the molecule is Cl.O=C(CCC1CCNCC1)N(Cc1ccc(Cl)cc1)C1CC1. The second kappa shape index (κ2) is 8.91. The number of halogens is 2. The van der Waals surface area contributed by atoms with Crippen molar-refractivity contribution in [1.29, 1.82) is 0 Å².